The average molecular weight is 342 g/mol. The van der Waals surface area contributed by atoms with Crippen LogP contribution < -0.4 is 4.74 Å². The number of aromatic hydroxyl groups is 1. The number of hydrogen-bond acceptors (Lipinski definition) is 3. The monoisotopic (exact) mass is 341 g/mol. The molecule has 5 heteroatoms. The number of carbonyl (C=O) groups is 1. The van der Waals surface area contributed by atoms with Gasteiger partial charge in [0, 0.05) is 18.7 Å². The van der Waals surface area contributed by atoms with Crippen molar-refractivity contribution in [1.29, 1.82) is 0 Å². The van der Waals surface area contributed by atoms with Crippen LogP contribution in [-0.4, -0.2) is 36.1 Å². The Hall–Kier alpha value is -1.49. The van der Waals surface area contributed by atoms with Crippen LogP contribution in [0.2, 0.25) is 0 Å². The molecule has 0 radical (unpaired) electrons. The summed E-state index contributed by atoms with van der Waals surface area (Å²) in [6.07, 6.45) is 2.09. The zero-order chi connectivity index (χ0) is 15.3. The minimum atomic E-state index is -0.193. The van der Waals surface area contributed by atoms with Gasteiger partial charge >= 0.3 is 0 Å². The molecule has 0 atom stereocenters. The third-order valence-corrected chi connectivity index (χ3v) is 3.73. The fourth-order valence-corrected chi connectivity index (χ4v) is 2.70. The van der Waals surface area contributed by atoms with Crippen molar-refractivity contribution in [3.05, 3.63) is 34.3 Å². The normalized spacial score (nSPS) is 10.2. The van der Waals surface area contributed by atoms with Gasteiger partial charge in [0.25, 0.3) is 5.91 Å². The number of rotatable bonds is 6. The summed E-state index contributed by atoms with van der Waals surface area (Å²) in [5, 5.41) is 10.4. The Morgan fingerprint density at radius 2 is 2.10 bits per heavy atom. The molecule has 110 valence electrons. The molecule has 4 nitrogen and oxygen atoms in total. The van der Waals surface area contributed by atoms with E-state index in [0.29, 0.717) is 35.3 Å². The van der Waals surface area contributed by atoms with E-state index >= 15 is 0 Å². The summed E-state index contributed by atoms with van der Waals surface area (Å²) < 4.78 is 5.92. The molecule has 0 saturated heterocycles. The fraction of sp³-hybridized carbons (Fsp3) is 0.400. The molecule has 0 bridgehead atoms. The summed E-state index contributed by atoms with van der Waals surface area (Å²) in [6.45, 7) is 8.66. The van der Waals surface area contributed by atoms with E-state index in [2.05, 4.69) is 22.5 Å². The highest BCUT2D eigenvalue weighted by Crippen LogP contribution is 2.39. The van der Waals surface area contributed by atoms with Crippen LogP contribution in [0.1, 0.15) is 29.8 Å². The van der Waals surface area contributed by atoms with Gasteiger partial charge in [0.05, 0.1) is 17.1 Å². The van der Waals surface area contributed by atoms with E-state index in [9.17, 15) is 9.90 Å². The van der Waals surface area contributed by atoms with Crippen molar-refractivity contribution < 1.29 is 14.6 Å². The maximum Gasteiger partial charge on any atom is 0.257 e. The molecule has 0 aliphatic carbocycles. The first-order valence-corrected chi connectivity index (χ1v) is 7.29. The summed E-state index contributed by atoms with van der Waals surface area (Å²) in [5.41, 5.74) is 0.839. The third-order valence-electron chi connectivity index (χ3n) is 3.14. The first-order valence-electron chi connectivity index (χ1n) is 6.50. The van der Waals surface area contributed by atoms with Gasteiger partial charge in [-0.15, -0.1) is 6.58 Å². The van der Waals surface area contributed by atoms with Crippen LogP contribution >= 0.6 is 15.9 Å². The van der Waals surface area contributed by atoms with Crippen LogP contribution in [0.4, 0.5) is 0 Å². The van der Waals surface area contributed by atoms with E-state index in [1.807, 2.05) is 13.8 Å². The second-order valence-electron chi connectivity index (χ2n) is 4.24. The van der Waals surface area contributed by atoms with Gasteiger partial charge in [-0.25, -0.2) is 0 Å². The van der Waals surface area contributed by atoms with Gasteiger partial charge in [0.1, 0.15) is 11.5 Å². The summed E-state index contributed by atoms with van der Waals surface area (Å²) in [6, 6.07) is 1.60. The van der Waals surface area contributed by atoms with E-state index in [4.69, 9.17) is 4.74 Å². The van der Waals surface area contributed by atoms with Crippen LogP contribution in [0.3, 0.4) is 0 Å². The lowest BCUT2D eigenvalue weighted by molar-refractivity contribution is 0.0769. The van der Waals surface area contributed by atoms with Crippen molar-refractivity contribution in [2.75, 3.05) is 20.2 Å². The number of benzene rings is 1. The number of ether oxygens (including phenoxy) is 1. The zero-order valence-corrected chi connectivity index (χ0v) is 13.7. The number of methoxy groups -OCH3 is 1. The van der Waals surface area contributed by atoms with Crippen molar-refractivity contribution in [2.45, 2.75) is 20.3 Å². The molecule has 1 N–H and O–H groups in total. The first-order chi connectivity index (χ1) is 9.51. The van der Waals surface area contributed by atoms with E-state index in [0.717, 1.165) is 0 Å². The van der Waals surface area contributed by atoms with Crippen LogP contribution in [0.5, 0.6) is 11.5 Å². The molecule has 1 aromatic rings. The van der Waals surface area contributed by atoms with Gasteiger partial charge in [0.2, 0.25) is 0 Å². The quantitative estimate of drug-likeness (QED) is 0.807. The van der Waals surface area contributed by atoms with Gasteiger partial charge in [-0.1, -0.05) is 6.08 Å². The highest BCUT2D eigenvalue weighted by atomic mass is 79.9. The lowest BCUT2D eigenvalue weighted by atomic mass is 10.0. The summed E-state index contributed by atoms with van der Waals surface area (Å²) in [4.78, 5) is 14.1. The lowest BCUT2D eigenvalue weighted by Gasteiger charge is -2.21. The highest BCUT2D eigenvalue weighted by Gasteiger charge is 2.23. The number of halogens is 1. The molecule has 0 unspecified atom stereocenters. The van der Waals surface area contributed by atoms with Crippen LogP contribution in [-0.2, 0) is 6.42 Å². The summed E-state index contributed by atoms with van der Waals surface area (Å²) in [7, 11) is 1.53. The molecule has 0 fully saturated rings. The van der Waals surface area contributed by atoms with Crippen molar-refractivity contribution in [3.8, 4) is 11.5 Å². The van der Waals surface area contributed by atoms with Crippen molar-refractivity contribution >= 4 is 21.8 Å². The minimum Gasteiger partial charge on any atom is -0.507 e. The highest BCUT2D eigenvalue weighted by molar-refractivity contribution is 9.10. The number of phenols is 1. The van der Waals surface area contributed by atoms with Crippen molar-refractivity contribution in [2.24, 2.45) is 0 Å². The van der Waals surface area contributed by atoms with Gasteiger partial charge < -0.3 is 14.7 Å². The topological polar surface area (TPSA) is 49.8 Å². The zero-order valence-electron chi connectivity index (χ0n) is 12.1. The molecule has 20 heavy (non-hydrogen) atoms. The van der Waals surface area contributed by atoms with Gasteiger partial charge in [-0.2, -0.15) is 0 Å². The molecule has 1 amide bonds. The molecule has 1 rings (SSSR count). The Morgan fingerprint density at radius 3 is 2.55 bits per heavy atom. The SMILES string of the molecule is C=CCc1c(O)c(C(=O)N(CC)CC)cc(Br)c1OC. The molecule has 0 spiro atoms. The average Bonchev–Trinajstić information content (AvgIpc) is 2.44. The Bertz CT molecular complexity index is 510. The molecule has 1 aromatic carbocycles. The standard InChI is InChI=1S/C15H20BrNO3/c1-5-8-10-13(18)11(9-12(16)14(10)20-4)15(19)17(6-2)7-3/h5,9,18H,1,6-8H2,2-4H3. The van der Waals surface area contributed by atoms with Gasteiger partial charge in [0.15, 0.2) is 0 Å². The summed E-state index contributed by atoms with van der Waals surface area (Å²) >= 11 is 3.38. The van der Waals surface area contributed by atoms with Gasteiger partial charge in [-0.05, 0) is 42.3 Å². The van der Waals surface area contributed by atoms with E-state index in [1.165, 1.54) is 7.11 Å². The second kappa shape index (κ2) is 7.33. The number of phenolic OH excluding ortho intramolecular Hbond substituents is 1. The van der Waals surface area contributed by atoms with E-state index in [-0.39, 0.29) is 17.2 Å². The Balaban J connectivity index is 3.42. The van der Waals surface area contributed by atoms with Crippen LogP contribution in [0, 0.1) is 0 Å². The number of hydrogen-bond donors (Lipinski definition) is 1. The Labute approximate surface area is 128 Å². The third kappa shape index (κ3) is 3.15. The molecule has 0 aliphatic heterocycles. The van der Waals surface area contributed by atoms with Crippen LogP contribution in [0.25, 0.3) is 0 Å². The summed E-state index contributed by atoms with van der Waals surface area (Å²) in [5.74, 6) is 0.293. The Kier molecular flexibility index (Phi) is 6.07. The maximum atomic E-state index is 12.4. The minimum absolute atomic E-state index is 0.0400. The molecule has 0 aliphatic rings. The predicted molar refractivity (Wildman–Crippen MR) is 83.5 cm³/mol. The number of amides is 1. The first kappa shape index (κ1) is 16.6. The Morgan fingerprint density at radius 1 is 1.50 bits per heavy atom. The second-order valence-corrected chi connectivity index (χ2v) is 5.09. The molecule has 0 aromatic heterocycles. The smallest absolute Gasteiger partial charge is 0.257 e. The number of carbonyl (C=O) groups excluding carboxylic acids is 1. The lowest BCUT2D eigenvalue weighted by Crippen LogP contribution is -2.30. The molecular weight excluding hydrogens is 322 g/mol. The number of allylic oxidation sites excluding steroid dienone is 1. The van der Waals surface area contributed by atoms with E-state index < -0.39 is 0 Å². The van der Waals surface area contributed by atoms with E-state index in [1.54, 1.807) is 17.0 Å². The molecular formula is C15H20BrNO3. The number of nitrogens with zero attached hydrogens (tertiary/aromatic N) is 1. The largest absolute Gasteiger partial charge is 0.507 e. The maximum absolute atomic E-state index is 12.4. The predicted octanol–water partition coefficient (Wildman–Crippen LogP) is 3.37. The molecule has 0 saturated carbocycles. The van der Waals surface area contributed by atoms with Crippen molar-refractivity contribution in [1.82, 2.24) is 4.90 Å². The van der Waals surface area contributed by atoms with Gasteiger partial charge in [-0.3, -0.25) is 4.79 Å². The molecule has 0 heterocycles. The van der Waals surface area contributed by atoms with Crippen molar-refractivity contribution in [3.63, 3.8) is 0 Å². The fourth-order valence-electron chi connectivity index (χ4n) is 2.07. The van der Waals surface area contributed by atoms with Crippen LogP contribution in [0.15, 0.2) is 23.2 Å².